The van der Waals surface area contributed by atoms with Crippen molar-refractivity contribution in [3.63, 3.8) is 0 Å². The van der Waals surface area contributed by atoms with Gasteiger partial charge >= 0.3 is 11.9 Å². The van der Waals surface area contributed by atoms with Gasteiger partial charge in [-0.3, -0.25) is 9.59 Å². The quantitative estimate of drug-likeness (QED) is 0.278. The summed E-state index contributed by atoms with van der Waals surface area (Å²) in [6.07, 6.45) is 7.36. The summed E-state index contributed by atoms with van der Waals surface area (Å²) in [6.45, 7) is 14.9. The molecule has 0 spiro atoms. The summed E-state index contributed by atoms with van der Waals surface area (Å²) in [5, 5.41) is 0.124. The van der Waals surface area contributed by atoms with Crippen LogP contribution in [0.5, 0.6) is 0 Å². The highest BCUT2D eigenvalue weighted by Crippen LogP contribution is 2.55. The number of carbonyl (C=O) groups excluding carboxylic acids is 2. The van der Waals surface area contributed by atoms with Gasteiger partial charge in [0, 0.05) is 0 Å². The summed E-state index contributed by atoms with van der Waals surface area (Å²) in [5.74, 6) is -1.18. The fourth-order valence-corrected chi connectivity index (χ4v) is 2.99. The molecule has 0 bridgehead atoms. The molecule has 0 saturated heterocycles. The Balaban J connectivity index is 2.77. The average Bonchev–Trinajstić information content (AvgIpc) is 3.22. The van der Waals surface area contributed by atoms with Gasteiger partial charge in [-0.1, -0.05) is 32.9 Å². The molecule has 0 aromatic heterocycles. The zero-order valence-electron chi connectivity index (χ0n) is 16.5. The van der Waals surface area contributed by atoms with E-state index >= 15 is 0 Å². The molecule has 142 valence electrons. The van der Waals surface area contributed by atoms with Crippen molar-refractivity contribution in [3.05, 3.63) is 24.5 Å². The summed E-state index contributed by atoms with van der Waals surface area (Å²) in [7, 11) is -1.85. The molecule has 0 amide bonds. The Morgan fingerprint density at radius 2 is 1.72 bits per heavy atom. The summed E-state index contributed by atoms with van der Waals surface area (Å²) >= 11 is 0. The second-order valence-corrected chi connectivity index (χ2v) is 12.6. The fourth-order valence-electron chi connectivity index (χ4n) is 2.22. The van der Waals surface area contributed by atoms with E-state index in [4.69, 9.17) is 13.9 Å². The molecule has 0 heterocycles. The second-order valence-electron chi connectivity index (χ2n) is 7.84. The fraction of sp³-hybridized carbons (Fsp3) is 0.684. The molecular formula is C19H32O5Si. The first kappa shape index (κ1) is 21.5. The third kappa shape index (κ3) is 5.20. The number of allylic oxidation sites excluding steroid dienone is 2. The Morgan fingerprint density at radius 3 is 2.24 bits per heavy atom. The van der Waals surface area contributed by atoms with Gasteiger partial charge in [0.05, 0.1) is 25.4 Å². The number of esters is 2. The molecule has 0 radical (unpaired) electrons. The van der Waals surface area contributed by atoms with Crippen LogP contribution < -0.4 is 0 Å². The van der Waals surface area contributed by atoms with Crippen LogP contribution in [0.15, 0.2) is 24.5 Å². The molecule has 5 nitrogen and oxygen atoms in total. The third-order valence-electron chi connectivity index (χ3n) is 4.98. The molecule has 0 aromatic rings. The van der Waals surface area contributed by atoms with Gasteiger partial charge in [0.1, 0.15) is 5.41 Å². The van der Waals surface area contributed by atoms with Crippen LogP contribution in [0.4, 0.5) is 0 Å². The van der Waals surface area contributed by atoms with Gasteiger partial charge in [-0.2, -0.15) is 0 Å². The number of rotatable bonds is 8. The monoisotopic (exact) mass is 368 g/mol. The van der Waals surface area contributed by atoms with Gasteiger partial charge in [0.2, 0.25) is 8.32 Å². The standard InChI is InChI=1S/C19H32O5Si/c1-8-22-16(20)15-14-19(15,17(21)23-9-2)12-10-11-13-24-25(6,7)18(3,4)5/h10-13,15H,8-9,14H2,1-7H3/b12-10-,13-11+/t15-,19-/m1/s1. The van der Waals surface area contributed by atoms with Crippen LogP contribution in [0.25, 0.3) is 0 Å². The first-order valence-corrected chi connectivity index (χ1v) is 11.8. The second kappa shape index (κ2) is 8.21. The Morgan fingerprint density at radius 1 is 1.12 bits per heavy atom. The Hall–Kier alpha value is -1.56. The van der Waals surface area contributed by atoms with Gasteiger partial charge in [-0.15, -0.1) is 0 Å². The van der Waals surface area contributed by atoms with Crippen molar-refractivity contribution in [1.29, 1.82) is 0 Å². The van der Waals surface area contributed by atoms with Gasteiger partial charge < -0.3 is 13.9 Å². The van der Waals surface area contributed by atoms with Crippen LogP contribution in [0, 0.1) is 11.3 Å². The predicted octanol–water partition coefficient (Wildman–Crippen LogP) is 4.21. The summed E-state index contributed by atoms with van der Waals surface area (Å²) in [4.78, 5) is 24.2. The highest BCUT2D eigenvalue weighted by Gasteiger charge is 2.64. The van der Waals surface area contributed by atoms with Crippen LogP contribution in [0.1, 0.15) is 41.0 Å². The molecule has 0 N–H and O–H groups in total. The number of hydrogen-bond donors (Lipinski definition) is 0. The lowest BCUT2D eigenvalue weighted by atomic mass is 10.0. The first-order chi connectivity index (χ1) is 11.5. The van der Waals surface area contributed by atoms with Crippen molar-refractivity contribution in [2.75, 3.05) is 13.2 Å². The van der Waals surface area contributed by atoms with Crippen LogP contribution in [-0.2, 0) is 23.5 Å². The molecule has 0 aliphatic heterocycles. The van der Waals surface area contributed by atoms with Gasteiger partial charge in [-0.05, 0) is 44.5 Å². The third-order valence-corrected chi connectivity index (χ3v) is 9.32. The molecule has 0 unspecified atom stereocenters. The maximum Gasteiger partial charge on any atom is 0.316 e. The first-order valence-electron chi connectivity index (χ1n) is 8.88. The molecule has 2 atom stereocenters. The maximum absolute atomic E-state index is 12.3. The van der Waals surface area contributed by atoms with Gasteiger partial charge in [0.15, 0.2) is 0 Å². The molecule has 1 saturated carbocycles. The van der Waals surface area contributed by atoms with Crippen molar-refractivity contribution < 1.29 is 23.5 Å². The van der Waals surface area contributed by atoms with E-state index in [1.54, 1.807) is 38.3 Å². The van der Waals surface area contributed by atoms with E-state index in [1.165, 1.54) is 0 Å². The van der Waals surface area contributed by atoms with Crippen molar-refractivity contribution in [2.24, 2.45) is 11.3 Å². The maximum atomic E-state index is 12.3. The van der Waals surface area contributed by atoms with E-state index in [2.05, 4.69) is 33.9 Å². The van der Waals surface area contributed by atoms with E-state index in [1.807, 2.05) is 0 Å². The van der Waals surface area contributed by atoms with E-state index in [-0.39, 0.29) is 23.6 Å². The summed E-state index contributed by atoms with van der Waals surface area (Å²) in [6, 6.07) is 0. The van der Waals surface area contributed by atoms with Crippen molar-refractivity contribution >= 4 is 20.3 Å². The smallest absolute Gasteiger partial charge is 0.316 e. The molecule has 1 fully saturated rings. The van der Waals surface area contributed by atoms with E-state index < -0.39 is 19.7 Å². The van der Waals surface area contributed by atoms with E-state index in [0.29, 0.717) is 13.0 Å². The predicted molar refractivity (Wildman–Crippen MR) is 100 cm³/mol. The average molecular weight is 369 g/mol. The highest BCUT2D eigenvalue weighted by atomic mass is 28.4. The summed E-state index contributed by atoms with van der Waals surface area (Å²) < 4.78 is 16.1. The minimum Gasteiger partial charge on any atom is -0.549 e. The number of ether oxygens (including phenoxy) is 2. The van der Waals surface area contributed by atoms with E-state index in [9.17, 15) is 9.59 Å². The van der Waals surface area contributed by atoms with Gasteiger partial charge in [0.25, 0.3) is 0 Å². The molecule has 1 aliphatic carbocycles. The molecule has 0 aromatic carbocycles. The Labute approximate surface area is 152 Å². The molecule has 1 rings (SSSR count). The lowest BCUT2D eigenvalue weighted by Crippen LogP contribution is -2.39. The Kier molecular flexibility index (Phi) is 7.05. The number of hydrogen-bond acceptors (Lipinski definition) is 5. The normalized spacial score (nSPS) is 23.7. The minimum atomic E-state index is -1.85. The summed E-state index contributed by atoms with van der Waals surface area (Å²) in [5.41, 5.74) is -0.899. The SMILES string of the molecule is CCOC(=O)[C@H]1C[C@@]1(/C=C\C=C\O[Si](C)(C)C(C)(C)C)C(=O)OCC. The lowest BCUT2D eigenvalue weighted by molar-refractivity contribution is -0.153. The molecule has 25 heavy (non-hydrogen) atoms. The minimum absolute atomic E-state index is 0.124. The molecular weight excluding hydrogens is 336 g/mol. The van der Waals surface area contributed by atoms with Crippen molar-refractivity contribution in [3.8, 4) is 0 Å². The van der Waals surface area contributed by atoms with Crippen LogP contribution in [-0.4, -0.2) is 33.5 Å². The molecule has 1 aliphatic rings. The Bertz CT molecular complexity index is 545. The zero-order valence-corrected chi connectivity index (χ0v) is 17.5. The van der Waals surface area contributed by atoms with Crippen molar-refractivity contribution in [1.82, 2.24) is 0 Å². The van der Waals surface area contributed by atoms with Crippen LogP contribution in [0.2, 0.25) is 18.1 Å². The van der Waals surface area contributed by atoms with Crippen LogP contribution in [0.3, 0.4) is 0 Å². The highest BCUT2D eigenvalue weighted by molar-refractivity contribution is 6.74. The van der Waals surface area contributed by atoms with Gasteiger partial charge in [-0.25, -0.2) is 0 Å². The van der Waals surface area contributed by atoms with Crippen molar-refractivity contribution in [2.45, 2.75) is 59.2 Å². The zero-order chi connectivity index (χ0) is 19.3. The lowest BCUT2D eigenvalue weighted by Gasteiger charge is -2.34. The molecule has 6 heteroatoms. The largest absolute Gasteiger partial charge is 0.549 e. The topological polar surface area (TPSA) is 61.8 Å². The van der Waals surface area contributed by atoms with Crippen LogP contribution >= 0.6 is 0 Å². The number of carbonyl (C=O) groups is 2. The van der Waals surface area contributed by atoms with E-state index in [0.717, 1.165) is 0 Å².